The van der Waals surface area contributed by atoms with Gasteiger partial charge in [0.15, 0.2) is 17.1 Å². The minimum Gasteiger partial charge on any atom is -0.395 e. The van der Waals surface area contributed by atoms with Crippen molar-refractivity contribution < 1.29 is 9.90 Å². The minimum absolute atomic E-state index is 0.0833. The molecule has 20 heavy (non-hydrogen) atoms. The molecule has 0 bridgehead atoms. The molecule has 3 rings (SSSR count). The molecule has 1 aliphatic rings. The third-order valence-corrected chi connectivity index (χ3v) is 4.78. The summed E-state index contributed by atoms with van der Waals surface area (Å²) in [6.45, 7) is 0.621. The van der Waals surface area contributed by atoms with Gasteiger partial charge in [0.1, 0.15) is 5.69 Å². The molecule has 1 aliphatic carbocycles. The van der Waals surface area contributed by atoms with Gasteiger partial charge < -0.3 is 10.0 Å². The number of nitrogens with zero attached hydrogens (tertiary/aromatic N) is 3. The van der Waals surface area contributed by atoms with E-state index in [9.17, 15) is 9.90 Å². The van der Waals surface area contributed by atoms with Crippen molar-refractivity contribution in [1.29, 1.82) is 0 Å². The Bertz CT molecular complexity index is 586. The smallest absolute Gasteiger partial charge is 0.196 e. The summed E-state index contributed by atoms with van der Waals surface area (Å²) < 4.78 is 1.83. The quantitative estimate of drug-likeness (QED) is 0.860. The molecule has 0 radical (unpaired) electrons. The van der Waals surface area contributed by atoms with E-state index in [2.05, 4.69) is 9.88 Å². The van der Waals surface area contributed by atoms with Crippen molar-refractivity contribution in [3.8, 4) is 0 Å². The van der Waals surface area contributed by atoms with Crippen LogP contribution in [0.2, 0.25) is 0 Å². The molecule has 1 fully saturated rings. The molecule has 108 valence electrons. The fraction of sp³-hybridized carbons (Fsp3) is 0.571. The second-order valence-corrected chi connectivity index (χ2v) is 6.08. The number of rotatable bonds is 5. The molecule has 0 aromatic carbocycles. The van der Waals surface area contributed by atoms with Gasteiger partial charge in [0.25, 0.3) is 0 Å². The molecule has 6 heteroatoms. The molecule has 1 N–H and O–H groups in total. The maximum atomic E-state index is 11.4. The van der Waals surface area contributed by atoms with Crippen molar-refractivity contribution in [2.75, 3.05) is 18.1 Å². The van der Waals surface area contributed by atoms with Crippen LogP contribution in [0, 0.1) is 0 Å². The molecule has 0 aliphatic heterocycles. The Kier molecular flexibility index (Phi) is 4.03. The molecule has 2 aromatic heterocycles. The van der Waals surface area contributed by atoms with E-state index in [0.717, 1.165) is 29.9 Å². The number of aromatic nitrogens is 2. The van der Waals surface area contributed by atoms with Gasteiger partial charge in [0, 0.05) is 24.2 Å². The first kappa shape index (κ1) is 13.6. The monoisotopic (exact) mass is 293 g/mol. The summed E-state index contributed by atoms with van der Waals surface area (Å²) in [7, 11) is 0. The first-order valence-corrected chi connectivity index (χ1v) is 8.01. The normalized spacial score (nSPS) is 16.6. The number of aliphatic hydroxyl groups is 1. The van der Waals surface area contributed by atoms with Gasteiger partial charge in [-0.15, -0.1) is 11.3 Å². The zero-order valence-electron chi connectivity index (χ0n) is 11.4. The minimum atomic E-state index is 0.0833. The third-order valence-electron chi connectivity index (χ3n) is 4.02. The van der Waals surface area contributed by atoms with E-state index in [1.54, 1.807) is 0 Å². The van der Waals surface area contributed by atoms with Crippen molar-refractivity contribution >= 4 is 28.4 Å². The number of imidazole rings is 1. The summed E-state index contributed by atoms with van der Waals surface area (Å²) in [6.07, 6.45) is 8.68. The zero-order valence-corrected chi connectivity index (χ0v) is 12.2. The van der Waals surface area contributed by atoms with Gasteiger partial charge in [-0.2, -0.15) is 0 Å². The number of carbonyl (C=O) groups excluding carboxylic acids is 1. The van der Waals surface area contributed by atoms with E-state index < -0.39 is 0 Å². The van der Waals surface area contributed by atoms with E-state index in [0.29, 0.717) is 18.3 Å². The Morgan fingerprint density at radius 3 is 2.95 bits per heavy atom. The topological polar surface area (TPSA) is 57.8 Å². The first-order valence-electron chi connectivity index (χ1n) is 7.13. The standard InChI is InChI=1S/C14H19N3O2S/c18-8-6-16(11-4-2-1-3-5-11)13-12(10-19)17-7-9-20-14(17)15-13/h7,9-11,18H,1-6,8H2. The van der Waals surface area contributed by atoms with E-state index in [4.69, 9.17) is 0 Å². The van der Waals surface area contributed by atoms with Crippen LogP contribution in [0.5, 0.6) is 0 Å². The van der Waals surface area contributed by atoms with Crippen molar-refractivity contribution in [1.82, 2.24) is 9.38 Å². The Balaban J connectivity index is 1.99. The van der Waals surface area contributed by atoms with E-state index >= 15 is 0 Å². The van der Waals surface area contributed by atoms with Crippen LogP contribution < -0.4 is 4.90 Å². The van der Waals surface area contributed by atoms with Crippen LogP contribution in [0.15, 0.2) is 11.6 Å². The van der Waals surface area contributed by atoms with E-state index in [1.165, 1.54) is 30.6 Å². The summed E-state index contributed by atoms with van der Waals surface area (Å²) in [4.78, 5) is 19.0. The van der Waals surface area contributed by atoms with Crippen LogP contribution in [-0.2, 0) is 0 Å². The molecule has 0 amide bonds. The van der Waals surface area contributed by atoms with Crippen LogP contribution in [-0.4, -0.2) is 40.0 Å². The summed E-state index contributed by atoms with van der Waals surface area (Å²) in [5.74, 6) is 0.729. The molecule has 0 unspecified atom stereocenters. The summed E-state index contributed by atoms with van der Waals surface area (Å²) in [6, 6.07) is 0.388. The number of aliphatic hydroxyl groups excluding tert-OH is 1. The predicted molar refractivity (Wildman–Crippen MR) is 79.8 cm³/mol. The van der Waals surface area contributed by atoms with Gasteiger partial charge >= 0.3 is 0 Å². The SMILES string of the molecule is O=Cc1c(N(CCO)C2CCCCC2)nc2sccn12. The van der Waals surface area contributed by atoms with E-state index in [1.807, 2.05) is 16.0 Å². The van der Waals surface area contributed by atoms with Crippen molar-refractivity contribution in [3.63, 3.8) is 0 Å². The number of hydrogen-bond acceptors (Lipinski definition) is 5. The van der Waals surface area contributed by atoms with Gasteiger partial charge in [-0.05, 0) is 12.8 Å². The lowest BCUT2D eigenvalue weighted by molar-refractivity contribution is 0.111. The van der Waals surface area contributed by atoms with Crippen LogP contribution in [0.4, 0.5) is 5.82 Å². The highest BCUT2D eigenvalue weighted by atomic mass is 32.1. The summed E-state index contributed by atoms with van der Waals surface area (Å²) >= 11 is 1.52. The largest absolute Gasteiger partial charge is 0.395 e. The number of aldehydes is 1. The van der Waals surface area contributed by atoms with Gasteiger partial charge in [-0.25, -0.2) is 4.98 Å². The molecule has 2 heterocycles. The van der Waals surface area contributed by atoms with Crippen LogP contribution in [0.3, 0.4) is 0 Å². The highest BCUT2D eigenvalue weighted by molar-refractivity contribution is 7.15. The maximum absolute atomic E-state index is 11.4. The lowest BCUT2D eigenvalue weighted by Crippen LogP contribution is -2.39. The summed E-state index contributed by atoms with van der Waals surface area (Å²) in [5, 5.41) is 11.3. The second kappa shape index (κ2) is 5.93. The average molecular weight is 293 g/mol. The van der Waals surface area contributed by atoms with Crippen molar-refractivity contribution in [2.24, 2.45) is 0 Å². The number of fused-ring (bicyclic) bond motifs is 1. The fourth-order valence-corrected chi connectivity index (χ4v) is 3.79. The van der Waals surface area contributed by atoms with Gasteiger partial charge in [0.05, 0.1) is 6.61 Å². The Hall–Kier alpha value is -1.40. The van der Waals surface area contributed by atoms with Crippen molar-refractivity contribution in [3.05, 3.63) is 17.3 Å². The zero-order chi connectivity index (χ0) is 13.9. The highest BCUT2D eigenvalue weighted by Crippen LogP contribution is 2.30. The first-order chi connectivity index (χ1) is 9.85. The van der Waals surface area contributed by atoms with Gasteiger partial charge in [-0.1, -0.05) is 19.3 Å². The number of anilines is 1. The molecule has 0 spiro atoms. The average Bonchev–Trinajstić information content (AvgIpc) is 3.06. The van der Waals surface area contributed by atoms with Crippen LogP contribution >= 0.6 is 11.3 Å². The summed E-state index contributed by atoms with van der Waals surface area (Å²) in [5.41, 5.74) is 0.597. The van der Waals surface area contributed by atoms with Gasteiger partial charge in [0.2, 0.25) is 0 Å². The Morgan fingerprint density at radius 1 is 1.45 bits per heavy atom. The number of thiazole rings is 1. The number of carbonyl (C=O) groups is 1. The maximum Gasteiger partial charge on any atom is 0.196 e. The van der Waals surface area contributed by atoms with E-state index in [-0.39, 0.29) is 6.61 Å². The third kappa shape index (κ3) is 2.33. The molecule has 2 aromatic rings. The molecule has 0 atom stereocenters. The van der Waals surface area contributed by atoms with Crippen LogP contribution in [0.25, 0.3) is 4.96 Å². The molecule has 0 saturated heterocycles. The Labute approximate surface area is 121 Å². The lowest BCUT2D eigenvalue weighted by atomic mass is 9.94. The molecule has 1 saturated carbocycles. The highest BCUT2D eigenvalue weighted by Gasteiger charge is 2.26. The predicted octanol–water partition coefficient (Wildman–Crippen LogP) is 2.34. The number of hydrogen-bond donors (Lipinski definition) is 1. The van der Waals surface area contributed by atoms with Gasteiger partial charge in [-0.3, -0.25) is 9.20 Å². The Morgan fingerprint density at radius 2 is 2.25 bits per heavy atom. The second-order valence-electron chi connectivity index (χ2n) is 5.20. The molecular formula is C14H19N3O2S. The van der Waals surface area contributed by atoms with Crippen LogP contribution in [0.1, 0.15) is 42.6 Å². The molecule has 5 nitrogen and oxygen atoms in total. The fourth-order valence-electron chi connectivity index (χ4n) is 3.07. The van der Waals surface area contributed by atoms with Crippen molar-refractivity contribution in [2.45, 2.75) is 38.1 Å². The molecular weight excluding hydrogens is 274 g/mol. The lowest BCUT2D eigenvalue weighted by Gasteiger charge is -2.34.